The number of methoxy groups -OCH3 is 1. The number of rotatable bonds is 6. The van der Waals surface area contributed by atoms with Crippen LogP contribution in [0.25, 0.3) is 12.2 Å². The van der Waals surface area contributed by atoms with Gasteiger partial charge in [0.25, 0.3) is 5.91 Å². The maximum absolute atomic E-state index is 12.2. The van der Waals surface area contributed by atoms with Gasteiger partial charge >= 0.3 is 0 Å². The third-order valence-electron chi connectivity index (χ3n) is 4.45. The molecular weight excluding hydrogens is 386 g/mol. The molecular formula is C23H21NO6. The molecule has 3 rings (SSSR count). The summed E-state index contributed by atoms with van der Waals surface area (Å²) >= 11 is 0. The Morgan fingerprint density at radius 1 is 0.833 bits per heavy atom. The van der Waals surface area contributed by atoms with Crippen LogP contribution < -0.4 is 10.1 Å². The van der Waals surface area contributed by atoms with Crippen molar-refractivity contribution >= 4 is 18.1 Å². The van der Waals surface area contributed by atoms with Gasteiger partial charge in [-0.2, -0.15) is 0 Å². The van der Waals surface area contributed by atoms with Gasteiger partial charge in [-0.05, 0) is 53.6 Å². The van der Waals surface area contributed by atoms with Crippen LogP contribution in [0.15, 0.2) is 54.6 Å². The summed E-state index contributed by atoms with van der Waals surface area (Å²) in [7, 11) is 1.47. The van der Waals surface area contributed by atoms with Gasteiger partial charge in [-0.3, -0.25) is 4.79 Å². The molecule has 154 valence electrons. The summed E-state index contributed by atoms with van der Waals surface area (Å²) in [6, 6.07) is 13.7. The molecule has 0 aliphatic carbocycles. The molecule has 3 aromatic rings. The SMILES string of the molecule is COc1cc(C=Cc2ccc(O)c(CNC(=O)c3ccc(O)c(O)c3)c2)ccc1O. The molecule has 7 nitrogen and oxygen atoms in total. The van der Waals surface area contributed by atoms with E-state index in [1.54, 1.807) is 24.3 Å². The fourth-order valence-electron chi connectivity index (χ4n) is 2.78. The summed E-state index contributed by atoms with van der Waals surface area (Å²) in [4.78, 5) is 12.2. The molecule has 0 radical (unpaired) electrons. The van der Waals surface area contributed by atoms with E-state index in [4.69, 9.17) is 4.74 Å². The number of carbonyl (C=O) groups is 1. The molecule has 0 heterocycles. The van der Waals surface area contributed by atoms with Crippen LogP contribution in [0.1, 0.15) is 27.0 Å². The average molecular weight is 407 g/mol. The standard InChI is InChI=1S/C23H21NO6/c1-30-22-11-15(5-8-20(22)27)3-2-14-4-7-18(25)17(10-14)13-24-23(29)16-6-9-19(26)21(28)12-16/h2-12,25-28H,13H2,1H3,(H,24,29). The third kappa shape index (κ3) is 4.82. The fourth-order valence-corrected chi connectivity index (χ4v) is 2.78. The summed E-state index contributed by atoms with van der Waals surface area (Å²) < 4.78 is 5.09. The van der Waals surface area contributed by atoms with E-state index in [0.717, 1.165) is 17.2 Å². The molecule has 0 saturated carbocycles. The minimum atomic E-state index is -0.457. The number of amides is 1. The fraction of sp³-hybridized carbons (Fsp3) is 0.0870. The van der Waals surface area contributed by atoms with Gasteiger partial charge in [-0.15, -0.1) is 0 Å². The van der Waals surface area contributed by atoms with Crippen LogP contribution in [0.5, 0.6) is 28.7 Å². The van der Waals surface area contributed by atoms with E-state index in [2.05, 4.69) is 5.32 Å². The third-order valence-corrected chi connectivity index (χ3v) is 4.45. The zero-order valence-electron chi connectivity index (χ0n) is 16.2. The second kappa shape index (κ2) is 8.91. The Morgan fingerprint density at radius 2 is 1.47 bits per heavy atom. The number of phenols is 4. The minimum Gasteiger partial charge on any atom is -0.508 e. The zero-order chi connectivity index (χ0) is 21.7. The van der Waals surface area contributed by atoms with Crippen molar-refractivity contribution in [2.75, 3.05) is 7.11 Å². The summed E-state index contributed by atoms with van der Waals surface area (Å²) in [6.07, 6.45) is 3.66. The molecule has 7 heteroatoms. The molecule has 0 fully saturated rings. The highest BCUT2D eigenvalue weighted by Crippen LogP contribution is 2.28. The number of phenolic OH excluding ortho intramolecular Hbond substituents is 4. The van der Waals surface area contributed by atoms with E-state index < -0.39 is 5.91 Å². The summed E-state index contributed by atoms with van der Waals surface area (Å²) in [5.41, 5.74) is 2.31. The number of aromatic hydroxyl groups is 4. The molecule has 0 atom stereocenters. The summed E-state index contributed by atoms with van der Waals surface area (Å²) in [6.45, 7) is 0.0705. The lowest BCUT2D eigenvalue weighted by atomic mass is 10.1. The largest absolute Gasteiger partial charge is 0.508 e. The number of hydrogen-bond donors (Lipinski definition) is 5. The predicted molar refractivity (Wildman–Crippen MR) is 113 cm³/mol. The number of benzene rings is 3. The van der Waals surface area contributed by atoms with Crippen molar-refractivity contribution in [3.8, 4) is 28.7 Å². The Morgan fingerprint density at radius 3 is 2.13 bits per heavy atom. The van der Waals surface area contributed by atoms with Crippen molar-refractivity contribution in [3.05, 3.63) is 76.9 Å². The van der Waals surface area contributed by atoms with Gasteiger partial charge in [-0.25, -0.2) is 0 Å². The van der Waals surface area contributed by atoms with Crippen molar-refractivity contribution < 1.29 is 30.0 Å². The smallest absolute Gasteiger partial charge is 0.251 e. The Bertz CT molecular complexity index is 1110. The van der Waals surface area contributed by atoms with E-state index in [1.165, 1.54) is 31.4 Å². The second-order valence-corrected chi connectivity index (χ2v) is 6.54. The molecule has 0 spiro atoms. The Balaban J connectivity index is 1.72. The number of ether oxygens (including phenoxy) is 1. The molecule has 0 unspecified atom stereocenters. The van der Waals surface area contributed by atoms with Gasteiger partial charge in [0.1, 0.15) is 5.75 Å². The molecule has 3 aromatic carbocycles. The highest BCUT2D eigenvalue weighted by molar-refractivity contribution is 5.94. The first-order valence-corrected chi connectivity index (χ1v) is 9.04. The van der Waals surface area contributed by atoms with Crippen LogP contribution in [0, 0.1) is 0 Å². The summed E-state index contributed by atoms with van der Waals surface area (Å²) in [5.74, 6) is -0.696. The van der Waals surface area contributed by atoms with Crippen molar-refractivity contribution in [1.29, 1.82) is 0 Å². The van der Waals surface area contributed by atoms with Gasteiger partial charge in [0, 0.05) is 17.7 Å². The Hall–Kier alpha value is -4.13. The minimum absolute atomic E-state index is 0.0345. The quantitative estimate of drug-likeness (QED) is 0.315. The molecule has 1 amide bonds. The van der Waals surface area contributed by atoms with Crippen molar-refractivity contribution in [2.45, 2.75) is 6.54 Å². The number of nitrogens with one attached hydrogen (secondary N) is 1. The van der Waals surface area contributed by atoms with Gasteiger partial charge in [0.15, 0.2) is 23.0 Å². The normalized spacial score (nSPS) is 10.8. The molecule has 0 aliphatic heterocycles. The Kier molecular flexibility index (Phi) is 6.12. The van der Waals surface area contributed by atoms with Crippen LogP contribution in [-0.4, -0.2) is 33.4 Å². The monoisotopic (exact) mass is 407 g/mol. The van der Waals surface area contributed by atoms with Gasteiger partial charge < -0.3 is 30.5 Å². The van der Waals surface area contributed by atoms with Gasteiger partial charge in [-0.1, -0.05) is 24.3 Å². The van der Waals surface area contributed by atoms with Gasteiger partial charge in [0.2, 0.25) is 0 Å². The maximum Gasteiger partial charge on any atom is 0.251 e. The topological polar surface area (TPSA) is 119 Å². The average Bonchev–Trinajstić information content (AvgIpc) is 2.74. The van der Waals surface area contributed by atoms with E-state index in [-0.39, 0.29) is 35.1 Å². The van der Waals surface area contributed by atoms with Crippen molar-refractivity contribution in [2.24, 2.45) is 0 Å². The maximum atomic E-state index is 12.2. The summed E-state index contributed by atoms with van der Waals surface area (Å²) in [5, 5.41) is 41.3. The molecule has 0 bridgehead atoms. The van der Waals surface area contributed by atoms with Crippen molar-refractivity contribution in [1.82, 2.24) is 5.32 Å². The predicted octanol–water partition coefficient (Wildman–Crippen LogP) is 3.62. The Labute approximate surface area is 173 Å². The van der Waals surface area contributed by atoms with E-state index in [1.807, 2.05) is 12.2 Å². The molecule has 30 heavy (non-hydrogen) atoms. The second-order valence-electron chi connectivity index (χ2n) is 6.54. The van der Waals surface area contributed by atoms with E-state index in [9.17, 15) is 25.2 Å². The number of hydrogen-bond acceptors (Lipinski definition) is 6. The highest BCUT2D eigenvalue weighted by atomic mass is 16.5. The lowest BCUT2D eigenvalue weighted by Crippen LogP contribution is -2.22. The van der Waals surface area contributed by atoms with Crippen LogP contribution in [0.4, 0.5) is 0 Å². The molecule has 0 aromatic heterocycles. The molecule has 0 aliphatic rings. The lowest BCUT2D eigenvalue weighted by Gasteiger charge is -2.09. The van der Waals surface area contributed by atoms with Crippen LogP contribution in [0.2, 0.25) is 0 Å². The van der Waals surface area contributed by atoms with Crippen LogP contribution in [0.3, 0.4) is 0 Å². The first-order chi connectivity index (χ1) is 14.4. The first kappa shape index (κ1) is 20.6. The number of carbonyl (C=O) groups excluding carboxylic acids is 1. The highest BCUT2D eigenvalue weighted by Gasteiger charge is 2.10. The first-order valence-electron chi connectivity index (χ1n) is 9.04. The van der Waals surface area contributed by atoms with Crippen LogP contribution >= 0.6 is 0 Å². The lowest BCUT2D eigenvalue weighted by molar-refractivity contribution is 0.0950. The van der Waals surface area contributed by atoms with Gasteiger partial charge in [0.05, 0.1) is 7.11 Å². The zero-order valence-corrected chi connectivity index (χ0v) is 16.2. The van der Waals surface area contributed by atoms with E-state index in [0.29, 0.717) is 11.3 Å². The van der Waals surface area contributed by atoms with E-state index >= 15 is 0 Å². The molecule has 5 N–H and O–H groups in total. The molecule has 0 saturated heterocycles. The van der Waals surface area contributed by atoms with Crippen LogP contribution in [-0.2, 0) is 6.54 Å². The van der Waals surface area contributed by atoms with Crippen molar-refractivity contribution in [3.63, 3.8) is 0 Å².